The van der Waals surface area contributed by atoms with Gasteiger partial charge in [-0.3, -0.25) is 0 Å². The topological polar surface area (TPSA) is 37.0 Å². The molecule has 0 bridgehead atoms. The largest absolute Gasteiger partial charge is 0.355 e. The van der Waals surface area contributed by atoms with E-state index in [4.69, 9.17) is 28.2 Å². The van der Waals surface area contributed by atoms with Crippen molar-refractivity contribution >= 4 is 72.9 Å². The zero-order chi connectivity index (χ0) is 19.7. The number of benzene rings is 3. The van der Waals surface area contributed by atoms with Crippen molar-refractivity contribution in [3.63, 3.8) is 0 Å². The molecule has 3 nitrogen and oxygen atoms in total. The van der Waals surface area contributed by atoms with E-state index in [0.29, 0.717) is 10.0 Å². The molecule has 0 amide bonds. The lowest BCUT2D eigenvalue weighted by Crippen LogP contribution is -1.99. The standard InChI is InChI=1S/C22H16BrCl2N3/c1-13-5-2-3-8-19(13)27-21-12-20(15-6-4-7-16(23)22(15)28-21)26-14-9-10-17(24)18(25)11-14/h2-12H,1H3,(H2,26,27,28). The molecule has 0 saturated heterocycles. The molecule has 0 fully saturated rings. The summed E-state index contributed by atoms with van der Waals surface area (Å²) in [7, 11) is 0. The van der Waals surface area contributed by atoms with Crippen LogP contribution in [0.25, 0.3) is 10.9 Å². The Morgan fingerprint density at radius 2 is 1.64 bits per heavy atom. The minimum atomic E-state index is 0.504. The Labute approximate surface area is 181 Å². The summed E-state index contributed by atoms with van der Waals surface area (Å²) in [5, 5.41) is 8.88. The van der Waals surface area contributed by atoms with Crippen LogP contribution in [0.15, 0.2) is 71.2 Å². The van der Waals surface area contributed by atoms with Gasteiger partial charge < -0.3 is 10.6 Å². The number of rotatable bonds is 4. The summed E-state index contributed by atoms with van der Waals surface area (Å²) in [5.74, 6) is 0.747. The summed E-state index contributed by atoms with van der Waals surface area (Å²) in [6.45, 7) is 2.06. The molecular weight excluding hydrogens is 457 g/mol. The number of aromatic nitrogens is 1. The Morgan fingerprint density at radius 1 is 0.821 bits per heavy atom. The monoisotopic (exact) mass is 471 g/mol. The van der Waals surface area contributed by atoms with Gasteiger partial charge in [0.15, 0.2) is 0 Å². The molecule has 1 aromatic heterocycles. The SMILES string of the molecule is Cc1ccccc1Nc1cc(Nc2ccc(Cl)c(Cl)c2)c2cccc(Br)c2n1. The van der Waals surface area contributed by atoms with Crippen LogP contribution < -0.4 is 10.6 Å². The molecule has 0 spiro atoms. The lowest BCUT2D eigenvalue weighted by Gasteiger charge is -2.15. The molecule has 0 aliphatic rings. The maximum atomic E-state index is 6.18. The number of hydrogen-bond acceptors (Lipinski definition) is 3. The quantitative estimate of drug-likeness (QED) is 0.315. The van der Waals surface area contributed by atoms with E-state index in [-0.39, 0.29) is 0 Å². The summed E-state index contributed by atoms with van der Waals surface area (Å²) in [6.07, 6.45) is 0. The highest BCUT2D eigenvalue weighted by Crippen LogP contribution is 2.34. The van der Waals surface area contributed by atoms with Gasteiger partial charge in [0.25, 0.3) is 0 Å². The number of pyridine rings is 1. The number of halogens is 3. The number of anilines is 4. The van der Waals surface area contributed by atoms with Crippen LogP contribution in [-0.4, -0.2) is 4.98 Å². The lowest BCUT2D eigenvalue weighted by molar-refractivity contribution is 1.34. The maximum absolute atomic E-state index is 6.18. The minimum absolute atomic E-state index is 0.504. The average Bonchev–Trinajstić information content (AvgIpc) is 2.67. The second kappa shape index (κ2) is 8.00. The Hall–Kier alpha value is -2.27. The van der Waals surface area contributed by atoms with Crippen molar-refractivity contribution in [3.05, 3.63) is 86.8 Å². The van der Waals surface area contributed by atoms with E-state index in [1.165, 1.54) is 0 Å². The molecule has 1 heterocycles. The third-order valence-electron chi connectivity index (χ3n) is 4.40. The summed E-state index contributed by atoms with van der Waals surface area (Å²) >= 11 is 15.8. The van der Waals surface area contributed by atoms with Gasteiger partial charge in [0.2, 0.25) is 0 Å². The molecule has 0 saturated carbocycles. The van der Waals surface area contributed by atoms with E-state index >= 15 is 0 Å². The Balaban J connectivity index is 1.80. The zero-order valence-corrected chi connectivity index (χ0v) is 18.0. The first kappa shape index (κ1) is 19.1. The molecule has 0 aliphatic heterocycles. The van der Waals surface area contributed by atoms with Crippen molar-refractivity contribution in [1.29, 1.82) is 0 Å². The molecule has 6 heteroatoms. The highest BCUT2D eigenvalue weighted by Gasteiger charge is 2.10. The fourth-order valence-electron chi connectivity index (χ4n) is 2.96. The van der Waals surface area contributed by atoms with Crippen molar-refractivity contribution in [2.24, 2.45) is 0 Å². The van der Waals surface area contributed by atoms with Gasteiger partial charge in [-0.2, -0.15) is 0 Å². The Morgan fingerprint density at radius 3 is 2.43 bits per heavy atom. The summed E-state index contributed by atoms with van der Waals surface area (Å²) < 4.78 is 0.927. The van der Waals surface area contributed by atoms with Gasteiger partial charge in [0.05, 0.1) is 21.2 Å². The van der Waals surface area contributed by atoms with Crippen molar-refractivity contribution < 1.29 is 0 Å². The average molecular weight is 473 g/mol. The summed E-state index contributed by atoms with van der Waals surface area (Å²) in [5.41, 5.74) is 4.80. The normalized spacial score (nSPS) is 10.9. The third kappa shape index (κ3) is 3.95. The first-order valence-corrected chi connectivity index (χ1v) is 10.2. The van der Waals surface area contributed by atoms with Gasteiger partial charge >= 0.3 is 0 Å². The van der Waals surface area contributed by atoms with E-state index in [0.717, 1.165) is 43.8 Å². The molecule has 28 heavy (non-hydrogen) atoms. The van der Waals surface area contributed by atoms with Crippen LogP contribution in [0.1, 0.15) is 5.56 Å². The molecule has 4 aromatic rings. The zero-order valence-electron chi connectivity index (χ0n) is 14.9. The van der Waals surface area contributed by atoms with E-state index in [1.807, 2.05) is 54.6 Å². The molecule has 140 valence electrons. The summed E-state index contributed by atoms with van der Waals surface area (Å²) in [4.78, 5) is 4.80. The second-order valence-corrected chi connectivity index (χ2v) is 8.05. The van der Waals surface area contributed by atoms with E-state index in [2.05, 4.69) is 39.6 Å². The van der Waals surface area contributed by atoms with Gasteiger partial charge in [-0.05, 0) is 58.7 Å². The molecular formula is C22H16BrCl2N3. The molecule has 0 atom stereocenters. The van der Waals surface area contributed by atoms with Crippen molar-refractivity contribution in [2.45, 2.75) is 6.92 Å². The van der Waals surface area contributed by atoms with E-state index < -0.39 is 0 Å². The van der Waals surface area contributed by atoms with Crippen LogP contribution in [0.4, 0.5) is 22.9 Å². The molecule has 0 radical (unpaired) electrons. The highest BCUT2D eigenvalue weighted by molar-refractivity contribution is 9.10. The molecule has 0 aliphatic carbocycles. The van der Waals surface area contributed by atoms with E-state index in [1.54, 1.807) is 6.07 Å². The number of hydrogen-bond donors (Lipinski definition) is 2. The van der Waals surface area contributed by atoms with Crippen LogP contribution in [0.2, 0.25) is 10.0 Å². The molecule has 3 aromatic carbocycles. The third-order valence-corrected chi connectivity index (χ3v) is 5.78. The molecule has 0 unspecified atom stereocenters. The number of aryl methyl sites for hydroxylation is 1. The van der Waals surface area contributed by atoms with Crippen LogP contribution in [0.5, 0.6) is 0 Å². The van der Waals surface area contributed by atoms with Crippen molar-refractivity contribution in [3.8, 4) is 0 Å². The number of nitrogens with zero attached hydrogens (tertiary/aromatic N) is 1. The van der Waals surface area contributed by atoms with Crippen LogP contribution in [-0.2, 0) is 0 Å². The van der Waals surface area contributed by atoms with Crippen molar-refractivity contribution in [1.82, 2.24) is 4.98 Å². The Bertz CT molecular complexity index is 1180. The second-order valence-electron chi connectivity index (χ2n) is 6.38. The predicted octanol–water partition coefficient (Wildman–Crippen LogP) is 8.10. The lowest BCUT2D eigenvalue weighted by atomic mass is 10.1. The molecule has 4 rings (SSSR count). The Kier molecular flexibility index (Phi) is 5.44. The van der Waals surface area contributed by atoms with Gasteiger partial charge in [0, 0.05) is 27.3 Å². The predicted molar refractivity (Wildman–Crippen MR) is 124 cm³/mol. The first-order valence-electron chi connectivity index (χ1n) is 8.65. The maximum Gasteiger partial charge on any atom is 0.133 e. The number of para-hydroxylation sites is 2. The first-order chi connectivity index (χ1) is 13.5. The van der Waals surface area contributed by atoms with E-state index in [9.17, 15) is 0 Å². The highest BCUT2D eigenvalue weighted by atomic mass is 79.9. The number of fused-ring (bicyclic) bond motifs is 1. The minimum Gasteiger partial charge on any atom is -0.355 e. The summed E-state index contributed by atoms with van der Waals surface area (Å²) in [6, 6.07) is 21.6. The van der Waals surface area contributed by atoms with Crippen molar-refractivity contribution in [2.75, 3.05) is 10.6 Å². The van der Waals surface area contributed by atoms with Gasteiger partial charge in [-0.1, -0.05) is 53.5 Å². The fourth-order valence-corrected chi connectivity index (χ4v) is 3.71. The van der Waals surface area contributed by atoms with Gasteiger partial charge in [-0.15, -0.1) is 0 Å². The fraction of sp³-hybridized carbons (Fsp3) is 0.0455. The van der Waals surface area contributed by atoms with Gasteiger partial charge in [-0.25, -0.2) is 4.98 Å². The van der Waals surface area contributed by atoms with Crippen LogP contribution in [0, 0.1) is 6.92 Å². The van der Waals surface area contributed by atoms with Crippen LogP contribution in [0.3, 0.4) is 0 Å². The van der Waals surface area contributed by atoms with Gasteiger partial charge in [0.1, 0.15) is 5.82 Å². The molecule has 2 N–H and O–H groups in total. The van der Waals surface area contributed by atoms with Crippen LogP contribution >= 0.6 is 39.1 Å². The number of nitrogens with one attached hydrogen (secondary N) is 2. The smallest absolute Gasteiger partial charge is 0.133 e.